The van der Waals surface area contributed by atoms with Gasteiger partial charge in [-0.3, -0.25) is 14.4 Å². The zero-order valence-electron chi connectivity index (χ0n) is 29.0. The van der Waals surface area contributed by atoms with Crippen LogP contribution in [0.4, 0.5) is 5.69 Å². The van der Waals surface area contributed by atoms with Gasteiger partial charge in [-0.2, -0.15) is 0 Å². The number of rotatable bonds is 17. The summed E-state index contributed by atoms with van der Waals surface area (Å²) in [5.41, 5.74) is 1.39. The minimum absolute atomic E-state index is 0.0421. The summed E-state index contributed by atoms with van der Waals surface area (Å²) >= 11 is 0. The molecule has 0 unspecified atom stereocenters. The first-order chi connectivity index (χ1) is 24.7. The minimum Gasteiger partial charge on any atom is -0.507 e. The standard InChI is InChI=1S/C38H41NO12/c1-19-15-20-27-28-21(16-19)38(48-4)37(45)30-23(42)18-25(47-3)32(34(28)30)31-24(46-2)17-22(41)29(33(27)31)36(44)35(20)39-8-6-5-7-26(43)51-14-13-50-12-11-49-10-9-40/h16-18,39-42H,5-15H2,1-4H3. The third-order valence-corrected chi connectivity index (χ3v) is 9.24. The van der Waals surface area contributed by atoms with E-state index in [-0.39, 0.29) is 78.3 Å². The summed E-state index contributed by atoms with van der Waals surface area (Å²) in [4.78, 5) is 40.7. The van der Waals surface area contributed by atoms with Gasteiger partial charge in [-0.05, 0) is 37.1 Å². The lowest BCUT2D eigenvalue weighted by molar-refractivity contribution is -0.145. The Morgan fingerprint density at radius 3 is 1.98 bits per heavy atom. The molecule has 5 aromatic carbocycles. The van der Waals surface area contributed by atoms with Crippen molar-refractivity contribution in [1.29, 1.82) is 0 Å². The monoisotopic (exact) mass is 703 g/mol. The number of aliphatic hydroxyl groups is 1. The highest BCUT2D eigenvalue weighted by molar-refractivity contribution is 6.39. The fourth-order valence-corrected chi connectivity index (χ4v) is 7.19. The number of hydrogen-bond acceptors (Lipinski definition) is 13. The fraction of sp³-hybridized carbons (Fsp3) is 0.395. The third-order valence-electron chi connectivity index (χ3n) is 9.24. The number of fused-ring (bicyclic) bond motifs is 1. The first-order valence-electron chi connectivity index (χ1n) is 16.8. The number of carbonyl (C=O) groups excluding carboxylic acids is 1. The van der Waals surface area contributed by atoms with Crippen LogP contribution < -0.4 is 30.4 Å². The summed E-state index contributed by atoms with van der Waals surface area (Å²) in [6.45, 7) is 3.46. The molecule has 1 aliphatic rings. The SMILES string of the molecule is COc1c2c3c4c(c(NCCCCC(=O)OCCOCCOCCO)c(=O)c5c(O)cc(OC)c(c6c(OC)cc(O)c(c1=O)c63)c54)CC(C)=C2. The molecule has 0 aliphatic heterocycles. The highest BCUT2D eigenvalue weighted by Gasteiger charge is 2.32. The van der Waals surface area contributed by atoms with Crippen LogP contribution in [0.5, 0.6) is 28.7 Å². The molecule has 0 spiro atoms. The number of ether oxygens (including phenoxy) is 6. The molecule has 0 bridgehead atoms. The highest BCUT2D eigenvalue weighted by Crippen LogP contribution is 2.54. The molecule has 51 heavy (non-hydrogen) atoms. The van der Waals surface area contributed by atoms with E-state index >= 15 is 0 Å². The summed E-state index contributed by atoms with van der Waals surface area (Å²) in [6, 6.07) is 2.74. The lowest BCUT2D eigenvalue weighted by Crippen LogP contribution is -2.18. The van der Waals surface area contributed by atoms with Gasteiger partial charge in [0.25, 0.3) is 0 Å². The number of phenolic OH excluding ortho intramolecular Hbond substituents is 2. The molecule has 6 rings (SSSR count). The van der Waals surface area contributed by atoms with Gasteiger partial charge < -0.3 is 49.1 Å². The number of hydrogen-bond donors (Lipinski definition) is 4. The molecule has 13 nitrogen and oxygen atoms in total. The number of aliphatic hydroxyl groups excluding tert-OH is 1. The molecule has 4 N–H and O–H groups in total. The average molecular weight is 704 g/mol. The Kier molecular flexibility index (Phi) is 10.5. The van der Waals surface area contributed by atoms with Crippen LogP contribution in [0.3, 0.4) is 0 Å². The van der Waals surface area contributed by atoms with E-state index in [2.05, 4.69) is 5.32 Å². The zero-order chi connectivity index (χ0) is 36.4. The van der Waals surface area contributed by atoms with Crippen molar-refractivity contribution in [2.45, 2.75) is 32.6 Å². The van der Waals surface area contributed by atoms with Crippen molar-refractivity contribution in [1.82, 2.24) is 0 Å². The van der Waals surface area contributed by atoms with E-state index in [0.717, 1.165) is 5.57 Å². The number of nitrogens with one attached hydrogen (secondary N) is 1. The zero-order valence-corrected chi connectivity index (χ0v) is 29.0. The Morgan fingerprint density at radius 2 is 1.35 bits per heavy atom. The number of carbonyl (C=O) groups is 1. The molecule has 0 amide bonds. The van der Waals surface area contributed by atoms with Gasteiger partial charge in [0.15, 0.2) is 5.75 Å². The van der Waals surface area contributed by atoms with Gasteiger partial charge in [-0.25, -0.2) is 0 Å². The minimum atomic E-state index is -0.494. The largest absolute Gasteiger partial charge is 0.507 e. The Hall–Kier alpha value is -5.11. The smallest absolute Gasteiger partial charge is 0.305 e. The summed E-state index contributed by atoms with van der Waals surface area (Å²) in [5.74, 6) is -0.342. The van der Waals surface area contributed by atoms with Gasteiger partial charge in [0.05, 0.1) is 70.8 Å². The number of benzene rings is 5. The first-order valence-corrected chi connectivity index (χ1v) is 16.8. The number of phenols is 2. The van der Waals surface area contributed by atoms with Gasteiger partial charge in [0, 0.05) is 57.6 Å². The Bertz CT molecular complexity index is 2260. The second-order valence-corrected chi connectivity index (χ2v) is 12.4. The molecule has 270 valence electrons. The summed E-state index contributed by atoms with van der Waals surface area (Å²) in [6.07, 6.45) is 3.41. The molecule has 1 aliphatic carbocycles. The van der Waals surface area contributed by atoms with Gasteiger partial charge >= 0.3 is 5.97 Å². The predicted molar refractivity (Wildman–Crippen MR) is 194 cm³/mol. The maximum Gasteiger partial charge on any atom is 0.305 e. The van der Waals surface area contributed by atoms with Gasteiger partial charge in [-0.1, -0.05) is 11.6 Å². The summed E-state index contributed by atoms with van der Waals surface area (Å²) in [5, 5.41) is 37.8. The van der Waals surface area contributed by atoms with Crippen LogP contribution >= 0.6 is 0 Å². The Labute approximate surface area is 292 Å². The van der Waals surface area contributed by atoms with Crippen molar-refractivity contribution in [3.8, 4) is 28.7 Å². The van der Waals surface area contributed by atoms with E-state index < -0.39 is 10.9 Å². The summed E-state index contributed by atoms with van der Waals surface area (Å²) < 4.78 is 32.9. The quantitative estimate of drug-likeness (QED) is 0.0463. The Morgan fingerprint density at radius 1 is 0.745 bits per heavy atom. The number of anilines is 1. The van der Waals surface area contributed by atoms with E-state index in [1.807, 2.05) is 13.0 Å². The van der Waals surface area contributed by atoms with Crippen LogP contribution in [0, 0.1) is 0 Å². The van der Waals surface area contributed by atoms with Crippen LogP contribution in [-0.2, 0) is 25.4 Å². The fourth-order valence-electron chi connectivity index (χ4n) is 7.19. The normalized spacial score (nSPS) is 12.6. The number of esters is 1. The van der Waals surface area contributed by atoms with Crippen LogP contribution in [0.2, 0.25) is 0 Å². The van der Waals surface area contributed by atoms with Crippen LogP contribution in [0.1, 0.15) is 37.3 Å². The number of unbranched alkanes of at least 4 members (excludes halogenated alkanes) is 1. The molecule has 13 heteroatoms. The van der Waals surface area contributed by atoms with Crippen molar-refractivity contribution in [2.75, 3.05) is 72.8 Å². The second kappa shape index (κ2) is 15.0. The molecule has 0 heterocycles. The van der Waals surface area contributed by atoms with Crippen LogP contribution in [-0.4, -0.2) is 88.8 Å². The maximum atomic E-state index is 14.4. The van der Waals surface area contributed by atoms with E-state index in [9.17, 15) is 24.6 Å². The van der Waals surface area contributed by atoms with E-state index in [1.165, 1.54) is 33.5 Å². The van der Waals surface area contributed by atoms with Crippen LogP contribution in [0.25, 0.3) is 49.2 Å². The third kappa shape index (κ3) is 6.26. The predicted octanol–water partition coefficient (Wildman–Crippen LogP) is 4.44. The Balaban J connectivity index is 1.40. The first kappa shape index (κ1) is 35.7. The van der Waals surface area contributed by atoms with E-state index in [0.29, 0.717) is 88.2 Å². The second-order valence-electron chi connectivity index (χ2n) is 12.4. The molecular weight excluding hydrogens is 662 g/mol. The van der Waals surface area contributed by atoms with Crippen molar-refractivity contribution >= 4 is 60.8 Å². The van der Waals surface area contributed by atoms with Gasteiger partial charge in [-0.15, -0.1) is 0 Å². The average Bonchev–Trinajstić information content (AvgIpc) is 3.26. The van der Waals surface area contributed by atoms with E-state index in [1.54, 1.807) is 0 Å². The number of methoxy groups -OCH3 is 3. The van der Waals surface area contributed by atoms with Crippen molar-refractivity contribution in [2.24, 2.45) is 0 Å². The number of aromatic hydroxyl groups is 2. The van der Waals surface area contributed by atoms with Crippen molar-refractivity contribution < 1.29 is 48.5 Å². The molecule has 0 fully saturated rings. The van der Waals surface area contributed by atoms with Crippen molar-refractivity contribution in [3.05, 3.63) is 49.3 Å². The topological polar surface area (TPSA) is 179 Å². The highest BCUT2D eigenvalue weighted by atomic mass is 16.6. The summed E-state index contributed by atoms with van der Waals surface area (Å²) in [7, 11) is 4.31. The molecule has 0 radical (unpaired) electrons. The molecular formula is C38H41NO12. The van der Waals surface area contributed by atoms with Crippen LogP contribution in [0.15, 0.2) is 27.3 Å². The van der Waals surface area contributed by atoms with E-state index in [4.69, 9.17) is 33.5 Å². The number of allylic oxidation sites excluding steroid dienone is 1. The molecule has 0 atom stereocenters. The van der Waals surface area contributed by atoms with Gasteiger partial charge in [0.2, 0.25) is 10.9 Å². The van der Waals surface area contributed by atoms with Gasteiger partial charge in [0.1, 0.15) is 29.6 Å². The molecule has 0 saturated heterocycles. The molecule has 5 aromatic rings. The van der Waals surface area contributed by atoms with Crippen molar-refractivity contribution in [3.63, 3.8) is 0 Å². The lowest BCUT2D eigenvalue weighted by atomic mass is 9.83. The molecule has 0 aromatic heterocycles. The lowest BCUT2D eigenvalue weighted by Gasteiger charge is -2.23. The molecule has 0 saturated carbocycles. The maximum absolute atomic E-state index is 14.4.